The minimum absolute atomic E-state index is 0.132. The number of hydrogen-bond acceptors (Lipinski definition) is 6. The maximum Gasteiger partial charge on any atom is 0.324 e. The van der Waals surface area contributed by atoms with Crippen LogP contribution in [0, 0.1) is 0 Å². The van der Waals surface area contributed by atoms with Crippen LogP contribution in [-0.4, -0.2) is 37.6 Å². The fraction of sp³-hybridized carbons (Fsp3) is 0.792. The molecule has 2 aromatic heterocycles. The van der Waals surface area contributed by atoms with Gasteiger partial charge in [0.25, 0.3) is 0 Å². The van der Waals surface area contributed by atoms with Crippen molar-refractivity contribution in [1.82, 2.24) is 19.5 Å². The monoisotopic (exact) mass is 566 g/mol. The largest absolute Gasteiger partial charge is 0.327 e. The molecule has 11 heteroatoms. The van der Waals surface area contributed by atoms with Gasteiger partial charge in [0.15, 0.2) is 10.8 Å². The minimum atomic E-state index is -3.00. The van der Waals surface area contributed by atoms with Crippen molar-refractivity contribution < 1.29 is 13.9 Å². The van der Waals surface area contributed by atoms with Crippen LogP contribution >= 0.6 is 29.9 Å². The molecule has 0 aromatic carbocycles. The summed E-state index contributed by atoms with van der Waals surface area (Å²) < 4.78 is 12.5. The molecule has 0 fully saturated rings. The molecule has 1 atom stereocenters. The van der Waals surface area contributed by atoms with Gasteiger partial charge in [0.2, 0.25) is 5.28 Å². The van der Waals surface area contributed by atoms with E-state index in [9.17, 15) is 4.89 Å². The van der Waals surface area contributed by atoms with E-state index in [4.69, 9.17) is 44.1 Å². The van der Waals surface area contributed by atoms with Gasteiger partial charge in [-0.15, -0.1) is 0 Å². The molecule has 0 saturated heterocycles. The van der Waals surface area contributed by atoms with Crippen LogP contribution in [0.3, 0.4) is 0 Å². The zero-order valence-corrected chi connectivity index (χ0v) is 24.2. The predicted molar refractivity (Wildman–Crippen MR) is 149 cm³/mol. The van der Waals surface area contributed by atoms with Crippen LogP contribution in [0.25, 0.3) is 11.2 Å². The molecule has 200 valence electrons. The highest BCUT2D eigenvalue weighted by Gasteiger charge is 2.13. The molecule has 0 aliphatic heterocycles. The lowest BCUT2D eigenvalue weighted by atomic mass is 10.0. The number of aryl methyl sites for hydroxylation is 1. The third-order valence-corrected chi connectivity index (χ3v) is 7.99. The number of nitrogens with zero attached hydrogens (tertiary/aromatic N) is 4. The summed E-state index contributed by atoms with van der Waals surface area (Å²) in [4.78, 5) is 22.2. The van der Waals surface area contributed by atoms with E-state index in [1.807, 2.05) is 11.5 Å². The first kappa shape index (κ1) is 30.9. The van der Waals surface area contributed by atoms with Gasteiger partial charge in [-0.25, -0.2) is 9.97 Å². The summed E-state index contributed by atoms with van der Waals surface area (Å²) in [5.41, 5.74) is 1.32. The molecule has 0 aliphatic carbocycles. The summed E-state index contributed by atoms with van der Waals surface area (Å²) >= 11 is 17.0. The first-order valence-electron chi connectivity index (χ1n) is 13.1. The molecule has 0 saturated carbocycles. The van der Waals surface area contributed by atoms with Crippen LogP contribution in [-0.2, 0) is 27.4 Å². The average molecular weight is 568 g/mol. The average Bonchev–Trinajstić information content (AvgIpc) is 3.22. The Hall–Kier alpha value is -0.340. The van der Waals surface area contributed by atoms with E-state index in [1.165, 1.54) is 70.6 Å². The van der Waals surface area contributed by atoms with Crippen LogP contribution in [0.5, 0.6) is 0 Å². The van der Waals surface area contributed by atoms with Crippen LogP contribution < -0.4 is 0 Å². The SMILES string of the molecule is CCCOP(O)(=S)OCCCCCCCCCCCCCCCCn1cnc2nc(Cl)nc(Cl)c21. The van der Waals surface area contributed by atoms with Crippen molar-refractivity contribution in [1.29, 1.82) is 0 Å². The molecule has 0 amide bonds. The summed E-state index contributed by atoms with van der Waals surface area (Å²) in [6.07, 6.45) is 20.0. The van der Waals surface area contributed by atoms with Gasteiger partial charge >= 0.3 is 6.72 Å². The van der Waals surface area contributed by atoms with Crippen LogP contribution in [0.15, 0.2) is 6.33 Å². The normalized spacial score (nSPS) is 13.5. The van der Waals surface area contributed by atoms with Crippen molar-refractivity contribution in [2.75, 3.05) is 13.2 Å². The van der Waals surface area contributed by atoms with E-state index in [-0.39, 0.29) is 5.28 Å². The summed E-state index contributed by atoms with van der Waals surface area (Å²) in [5.74, 6) is 0. The first-order chi connectivity index (χ1) is 16.9. The van der Waals surface area contributed by atoms with Crippen molar-refractivity contribution in [2.24, 2.45) is 0 Å². The first-order valence-corrected chi connectivity index (χ1v) is 16.4. The van der Waals surface area contributed by atoms with E-state index in [2.05, 4.69) is 15.0 Å². The van der Waals surface area contributed by atoms with Crippen LogP contribution in [0.1, 0.15) is 103 Å². The second-order valence-electron chi connectivity index (χ2n) is 8.98. The number of aromatic nitrogens is 4. The van der Waals surface area contributed by atoms with Gasteiger partial charge in [-0.3, -0.25) is 0 Å². The van der Waals surface area contributed by atoms with Gasteiger partial charge in [0.05, 0.1) is 19.5 Å². The lowest BCUT2D eigenvalue weighted by molar-refractivity contribution is 0.194. The van der Waals surface area contributed by atoms with E-state index in [1.54, 1.807) is 6.33 Å². The van der Waals surface area contributed by atoms with Gasteiger partial charge in [-0.05, 0) is 42.7 Å². The molecule has 0 aliphatic rings. The topological polar surface area (TPSA) is 82.3 Å². The standard InChI is InChI=1S/C24H41Cl2N4O3PS/c1-2-18-32-34(31,35)33-19-16-14-12-10-8-6-4-3-5-7-9-11-13-15-17-30-20-27-23-21(30)22(25)28-24(26)29-23/h20H,2-19H2,1H3,(H,31,35). The molecular formula is C24H41Cl2N4O3PS. The lowest BCUT2D eigenvalue weighted by Gasteiger charge is -2.15. The number of unbranched alkanes of at least 4 members (excludes halogenated alkanes) is 13. The van der Waals surface area contributed by atoms with Gasteiger partial charge in [0.1, 0.15) is 5.52 Å². The third-order valence-electron chi connectivity index (χ3n) is 5.91. The van der Waals surface area contributed by atoms with Gasteiger partial charge in [-0.2, -0.15) is 4.98 Å². The molecule has 2 rings (SSSR count). The van der Waals surface area contributed by atoms with Gasteiger partial charge in [-0.1, -0.05) is 95.6 Å². The summed E-state index contributed by atoms with van der Waals surface area (Å²) in [6, 6.07) is 0. The number of imidazole rings is 1. The highest BCUT2D eigenvalue weighted by Crippen LogP contribution is 2.43. The number of halogens is 2. The third kappa shape index (κ3) is 13.1. The minimum Gasteiger partial charge on any atom is -0.327 e. The Kier molecular flexibility index (Phi) is 15.9. The Morgan fingerprint density at radius 2 is 1.34 bits per heavy atom. The Morgan fingerprint density at radius 3 is 1.91 bits per heavy atom. The van der Waals surface area contributed by atoms with E-state index in [0.29, 0.717) is 24.0 Å². The Balaban J connectivity index is 1.34. The van der Waals surface area contributed by atoms with Gasteiger partial charge < -0.3 is 18.5 Å². The molecule has 2 aromatic rings. The quantitative estimate of drug-likeness (QED) is 0.0704. The zero-order chi connectivity index (χ0) is 25.4. The van der Waals surface area contributed by atoms with Crippen LogP contribution in [0.2, 0.25) is 10.4 Å². The highest BCUT2D eigenvalue weighted by molar-refractivity contribution is 8.07. The molecular weight excluding hydrogens is 526 g/mol. The van der Waals surface area contributed by atoms with Gasteiger partial charge in [0, 0.05) is 6.54 Å². The summed E-state index contributed by atoms with van der Waals surface area (Å²) in [6.45, 7) is 0.811. The Morgan fingerprint density at radius 1 is 0.829 bits per heavy atom. The van der Waals surface area contributed by atoms with E-state index in [0.717, 1.165) is 37.7 Å². The summed E-state index contributed by atoms with van der Waals surface area (Å²) in [5, 5.41) is 0.497. The number of hydrogen-bond donors (Lipinski definition) is 1. The molecule has 1 N–H and O–H groups in total. The molecule has 0 radical (unpaired) electrons. The molecule has 7 nitrogen and oxygen atoms in total. The Bertz CT molecular complexity index is 903. The van der Waals surface area contributed by atoms with E-state index < -0.39 is 6.72 Å². The van der Waals surface area contributed by atoms with Crippen molar-refractivity contribution >= 4 is 52.9 Å². The lowest BCUT2D eigenvalue weighted by Crippen LogP contribution is -1.98. The second-order valence-corrected chi connectivity index (χ2v) is 12.5. The maximum absolute atomic E-state index is 9.81. The Labute approximate surface area is 225 Å². The number of fused-ring (bicyclic) bond motifs is 1. The molecule has 0 bridgehead atoms. The van der Waals surface area contributed by atoms with Crippen LogP contribution in [0.4, 0.5) is 0 Å². The number of rotatable bonds is 21. The molecule has 1 unspecified atom stereocenters. The second kappa shape index (κ2) is 18.0. The fourth-order valence-electron chi connectivity index (χ4n) is 4.01. The maximum atomic E-state index is 9.81. The zero-order valence-electron chi connectivity index (χ0n) is 21.0. The van der Waals surface area contributed by atoms with E-state index >= 15 is 0 Å². The molecule has 2 heterocycles. The van der Waals surface area contributed by atoms with Crippen molar-refractivity contribution in [3.8, 4) is 0 Å². The molecule has 0 spiro atoms. The highest BCUT2D eigenvalue weighted by atomic mass is 35.5. The fourth-order valence-corrected chi connectivity index (χ4v) is 5.79. The smallest absolute Gasteiger partial charge is 0.324 e. The van der Waals surface area contributed by atoms with Crippen molar-refractivity contribution in [3.63, 3.8) is 0 Å². The van der Waals surface area contributed by atoms with Crippen molar-refractivity contribution in [2.45, 2.75) is 110 Å². The van der Waals surface area contributed by atoms with Crippen molar-refractivity contribution in [3.05, 3.63) is 16.8 Å². The molecule has 35 heavy (non-hydrogen) atoms. The predicted octanol–water partition coefficient (Wildman–Crippen LogP) is 8.25. The summed E-state index contributed by atoms with van der Waals surface area (Å²) in [7, 11) is 0.